The second-order valence-electron chi connectivity index (χ2n) is 4.39. The largest absolute Gasteiger partial charge is 0.481 e. The number of carboxylic acids is 1. The van der Waals surface area contributed by atoms with Crippen molar-refractivity contribution >= 4 is 16.9 Å². The molecule has 4 nitrogen and oxygen atoms in total. The Kier molecular flexibility index (Phi) is 2.76. The molecule has 0 fully saturated rings. The summed E-state index contributed by atoms with van der Waals surface area (Å²) in [7, 11) is 0. The fourth-order valence-electron chi connectivity index (χ4n) is 2.20. The topological polar surface area (TPSA) is 66.0 Å². The van der Waals surface area contributed by atoms with Gasteiger partial charge in [-0.15, -0.1) is 0 Å². The van der Waals surface area contributed by atoms with Gasteiger partial charge in [0.05, 0.1) is 6.42 Å². The van der Waals surface area contributed by atoms with Crippen LogP contribution in [0.1, 0.15) is 5.56 Å². The minimum atomic E-state index is -0.826. The van der Waals surface area contributed by atoms with Crippen LogP contribution in [0.15, 0.2) is 48.9 Å². The lowest BCUT2D eigenvalue weighted by Gasteiger charge is -2.02. The van der Waals surface area contributed by atoms with Crippen LogP contribution in [0.25, 0.3) is 22.0 Å². The van der Waals surface area contributed by atoms with Crippen molar-refractivity contribution in [1.29, 1.82) is 0 Å². The zero-order chi connectivity index (χ0) is 13.2. The number of H-pyrrole nitrogens is 1. The Morgan fingerprint density at radius 1 is 1.26 bits per heavy atom. The first kappa shape index (κ1) is 11.5. The van der Waals surface area contributed by atoms with E-state index in [9.17, 15) is 4.79 Å². The quantitative estimate of drug-likeness (QED) is 0.753. The molecule has 4 heteroatoms. The summed E-state index contributed by atoms with van der Waals surface area (Å²) in [6, 6.07) is 9.83. The highest BCUT2D eigenvalue weighted by Crippen LogP contribution is 2.26. The second-order valence-corrected chi connectivity index (χ2v) is 4.39. The third kappa shape index (κ3) is 2.20. The van der Waals surface area contributed by atoms with Gasteiger partial charge in [0.1, 0.15) is 0 Å². The molecule has 0 unspecified atom stereocenters. The molecule has 3 aromatic rings. The third-order valence-electron chi connectivity index (χ3n) is 3.10. The molecular formula is C15H12N2O2. The van der Waals surface area contributed by atoms with Gasteiger partial charge in [0.2, 0.25) is 0 Å². The van der Waals surface area contributed by atoms with Gasteiger partial charge in [-0.25, -0.2) is 0 Å². The van der Waals surface area contributed by atoms with E-state index >= 15 is 0 Å². The van der Waals surface area contributed by atoms with Crippen LogP contribution in [-0.2, 0) is 11.2 Å². The van der Waals surface area contributed by atoms with Crippen LogP contribution < -0.4 is 0 Å². The lowest BCUT2D eigenvalue weighted by atomic mass is 10.0. The van der Waals surface area contributed by atoms with Crippen LogP contribution >= 0.6 is 0 Å². The van der Waals surface area contributed by atoms with Crippen molar-refractivity contribution in [2.24, 2.45) is 0 Å². The molecule has 2 N–H and O–H groups in total. The Morgan fingerprint density at radius 3 is 2.89 bits per heavy atom. The summed E-state index contributed by atoms with van der Waals surface area (Å²) in [6.45, 7) is 0. The van der Waals surface area contributed by atoms with E-state index < -0.39 is 5.97 Å². The molecule has 19 heavy (non-hydrogen) atoms. The number of benzene rings is 1. The highest BCUT2D eigenvalue weighted by molar-refractivity contribution is 5.90. The molecule has 1 aromatic carbocycles. The standard InChI is InChI=1S/C15H12N2O2/c18-15(19)7-12-9-17-14-4-3-10(6-13(12)14)11-2-1-5-16-8-11/h1-6,8-9,17H,7H2,(H,18,19). The molecule has 3 rings (SSSR count). The molecule has 0 aliphatic rings. The molecule has 0 amide bonds. The summed E-state index contributed by atoms with van der Waals surface area (Å²) in [5, 5.41) is 9.86. The number of aromatic amines is 1. The molecule has 0 radical (unpaired) electrons. The third-order valence-corrected chi connectivity index (χ3v) is 3.10. The average molecular weight is 252 g/mol. The van der Waals surface area contributed by atoms with E-state index in [0.717, 1.165) is 27.6 Å². The lowest BCUT2D eigenvalue weighted by molar-refractivity contribution is -0.136. The fourth-order valence-corrected chi connectivity index (χ4v) is 2.20. The zero-order valence-electron chi connectivity index (χ0n) is 10.1. The SMILES string of the molecule is O=C(O)Cc1c[nH]c2ccc(-c3cccnc3)cc12. The van der Waals surface area contributed by atoms with Crippen molar-refractivity contribution < 1.29 is 9.90 Å². The number of nitrogens with zero attached hydrogens (tertiary/aromatic N) is 1. The molecule has 2 aromatic heterocycles. The minimum Gasteiger partial charge on any atom is -0.481 e. The van der Waals surface area contributed by atoms with Gasteiger partial charge in [0.25, 0.3) is 0 Å². The summed E-state index contributed by atoms with van der Waals surface area (Å²) in [5.74, 6) is -0.826. The molecule has 0 saturated heterocycles. The molecule has 0 saturated carbocycles. The molecule has 0 atom stereocenters. The second kappa shape index (κ2) is 4.57. The maximum absolute atomic E-state index is 10.8. The van der Waals surface area contributed by atoms with Crippen molar-refractivity contribution in [2.75, 3.05) is 0 Å². The van der Waals surface area contributed by atoms with Crippen LogP contribution in [0.5, 0.6) is 0 Å². The Labute approximate surface area is 109 Å². The number of rotatable bonds is 3. The number of carbonyl (C=O) groups is 1. The van der Waals surface area contributed by atoms with E-state index in [1.54, 1.807) is 18.6 Å². The Bertz CT molecular complexity index is 732. The van der Waals surface area contributed by atoms with Gasteiger partial charge in [-0.3, -0.25) is 9.78 Å². The molecule has 0 bridgehead atoms. The first-order valence-electron chi connectivity index (χ1n) is 5.96. The van der Waals surface area contributed by atoms with Gasteiger partial charge >= 0.3 is 5.97 Å². The van der Waals surface area contributed by atoms with Crippen molar-refractivity contribution in [3.05, 3.63) is 54.5 Å². The summed E-state index contributed by atoms with van der Waals surface area (Å²) in [6.07, 6.45) is 5.31. The molecule has 94 valence electrons. The van der Waals surface area contributed by atoms with E-state index in [-0.39, 0.29) is 6.42 Å². The van der Waals surface area contributed by atoms with Crippen molar-refractivity contribution in [1.82, 2.24) is 9.97 Å². The summed E-state index contributed by atoms with van der Waals surface area (Å²) in [4.78, 5) is 18.0. The zero-order valence-corrected chi connectivity index (χ0v) is 10.1. The monoisotopic (exact) mass is 252 g/mol. The number of hydrogen-bond donors (Lipinski definition) is 2. The summed E-state index contributed by atoms with van der Waals surface area (Å²) in [5.41, 5.74) is 3.80. The Balaban J connectivity index is 2.11. The molecular weight excluding hydrogens is 240 g/mol. The predicted molar refractivity (Wildman–Crippen MR) is 72.9 cm³/mol. The maximum atomic E-state index is 10.8. The van der Waals surface area contributed by atoms with Gasteiger partial charge < -0.3 is 10.1 Å². The minimum absolute atomic E-state index is 0.0243. The number of pyridine rings is 1. The number of hydrogen-bond acceptors (Lipinski definition) is 2. The highest BCUT2D eigenvalue weighted by atomic mass is 16.4. The van der Waals surface area contributed by atoms with Crippen LogP contribution in [0.2, 0.25) is 0 Å². The number of carboxylic acid groups (broad SMARTS) is 1. The molecule has 0 aliphatic heterocycles. The van der Waals surface area contributed by atoms with Crippen molar-refractivity contribution in [2.45, 2.75) is 6.42 Å². The Morgan fingerprint density at radius 2 is 2.16 bits per heavy atom. The van der Waals surface area contributed by atoms with E-state index in [2.05, 4.69) is 9.97 Å². The normalized spacial score (nSPS) is 10.7. The van der Waals surface area contributed by atoms with Gasteiger partial charge in [0, 0.05) is 35.1 Å². The number of fused-ring (bicyclic) bond motifs is 1. The van der Waals surface area contributed by atoms with Gasteiger partial charge in [-0.2, -0.15) is 0 Å². The molecule has 0 spiro atoms. The van der Waals surface area contributed by atoms with Crippen molar-refractivity contribution in [3.63, 3.8) is 0 Å². The van der Waals surface area contributed by atoms with Crippen LogP contribution in [-0.4, -0.2) is 21.0 Å². The van der Waals surface area contributed by atoms with Crippen molar-refractivity contribution in [3.8, 4) is 11.1 Å². The van der Waals surface area contributed by atoms with Crippen LogP contribution in [0.4, 0.5) is 0 Å². The van der Waals surface area contributed by atoms with E-state index in [1.807, 2.05) is 30.3 Å². The summed E-state index contributed by atoms with van der Waals surface area (Å²) < 4.78 is 0. The fraction of sp³-hybridized carbons (Fsp3) is 0.0667. The maximum Gasteiger partial charge on any atom is 0.307 e. The Hall–Kier alpha value is -2.62. The van der Waals surface area contributed by atoms with E-state index in [1.165, 1.54) is 0 Å². The first-order chi connectivity index (χ1) is 9.24. The predicted octanol–water partition coefficient (Wildman–Crippen LogP) is 2.86. The van der Waals surface area contributed by atoms with E-state index in [4.69, 9.17) is 5.11 Å². The number of nitrogens with one attached hydrogen (secondary N) is 1. The number of aromatic nitrogens is 2. The highest BCUT2D eigenvalue weighted by Gasteiger charge is 2.08. The molecule has 0 aliphatic carbocycles. The van der Waals surface area contributed by atoms with Gasteiger partial charge in [-0.05, 0) is 29.3 Å². The van der Waals surface area contributed by atoms with Gasteiger partial charge in [-0.1, -0.05) is 12.1 Å². The molecule has 2 heterocycles. The van der Waals surface area contributed by atoms with E-state index in [0.29, 0.717) is 0 Å². The smallest absolute Gasteiger partial charge is 0.307 e. The number of aliphatic carboxylic acids is 1. The first-order valence-corrected chi connectivity index (χ1v) is 5.96. The van der Waals surface area contributed by atoms with Crippen LogP contribution in [0, 0.1) is 0 Å². The summed E-state index contributed by atoms with van der Waals surface area (Å²) >= 11 is 0. The lowest BCUT2D eigenvalue weighted by Crippen LogP contribution is -1.98. The average Bonchev–Trinajstić information content (AvgIpc) is 2.82. The van der Waals surface area contributed by atoms with Gasteiger partial charge in [0.15, 0.2) is 0 Å². The van der Waals surface area contributed by atoms with Crippen LogP contribution in [0.3, 0.4) is 0 Å².